The van der Waals surface area contributed by atoms with Crippen LogP contribution in [0.2, 0.25) is 0 Å². The van der Waals surface area contributed by atoms with Gasteiger partial charge in [-0.15, -0.1) is 0 Å². The van der Waals surface area contributed by atoms with Crippen molar-refractivity contribution in [3.8, 4) is 11.3 Å². The Balaban J connectivity index is 1.89. The number of aromatic nitrogens is 2. The summed E-state index contributed by atoms with van der Waals surface area (Å²) in [7, 11) is 0. The van der Waals surface area contributed by atoms with Gasteiger partial charge in [-0.3, -0.25) is 0 Å². The van der Waals surface area contributed by atoms with Crippen molar-refractivity contribution in [3.63, 3.8) is 0 Å². The predicted octanol–water partition coefficient (Wildman–Crippen LogP) is 1.03. The van der Waals surface area contributed by atoms with Gasteiger partial charge in [0.15, 0.2) is 0 Å². The highest BCUT2D eigenvalue weighted by Gasteiger charge is 2.39. The highest BCUT2D eigenvalue weighted by molar-refractivity contribution is 5.69. The molecule has 3 atom stereocenters. The second kappa shape index (κ2) is 3.67. The molecule has 1 saturated heterocycles. The van der Waals surface area contributed by atoms with Crippen molar-refractivity contribution < 1.29 is 5.11 Å². The maximum absolute atomic E-state index is 10.1. The highest BCUT2D eigenvalue weighted by atomic mass is 16.3. The van der Waals surface area contributed by atoms with E-state index < -0.39 is 0 Å². The normalized spacial score (nSPS) is 29.3. The number of nitrogens with zero attached hydrogens (tertiary/aromatic N) is 2. The quantitative estimate of drug-likeness (QED) is 0.784. The molecule has 1 aromatic carbocycles. The van der Waals surface area contributed by atoms with Crippen LogP contribution in [0.1, 0.15) is 11.6 Å². The van der Waals surface area contributed by atoms with Gasteiger partial charge in [-0.1, -0.05) is 24.3 Å². The molecule has 4 heteroatoms. The third-order valence-corrected chi connectivity index (χ3v) is 4.15. The Kier molecular flexibility index (Phi) is 2.10. The van der Waals surface area contributed by atoms with E-state index in [1.165, 1.54) is 11.1 Å². The van der Waals surface area contributed by atoms with E-state index in [4.69, 9.17) is 0 Å². The molecule has 0 amide bonds. The molecule has 2 aliphatic rings. The Bertz CT molecular complexity index is 592. The number of nitrogens with one attached hydrogen (secondary N) is 1. The minimum absolute atomic E-state index is 0.212. The van der Waals surface area contributed by atoms with Gasteiger partial charge in [-0.05, 0) is 5.56 Å². The van der Waals surface area contributed by atoms with Crippen LogP contribution in [-0.4, -0.2) is 33.9 Å². The van der Waals surface area contributed by atoms with E-state index in [-0.39, 0.29) is 18.1 Å². The van der Waals surface area contributed by atoms with E-state index in [1.54, 1.807) is 0 Å². The molecule has 0 radical (unpaired) electrons. The van der Waals surface area contributed by atoms with Crippen molar-refractivity contribution in [2.24, 2.45) is 5.92 Å². The number of rotatable bonds is 1. The topological polar surface area (TPSA) is 50.1 Å². The molecule has 92 valence electrons. The zero-order chi connectivity index (χ0) is 12.1. The van der Waals surface area contributed by atoms with Crippen molar-refractivity contribution in [2.45, 2.75) is 12.1 Å². The van der Waals surface area contributed by atoms with Crippen LogP contribution in [0.5, 0.6) is 0 Å². The molecule has 0 aliphatic carbocycles. The zero-order valence-corrected chi connectivity index (χ0v) is 9.95. The summed E-state index contributed by atoms with van der Waals surface area (Å²) in [6, 6.07) is 8.64. The fraction of sp³-hybridized carbons (Fsp3) is 0.357. The first-order valence-electron chi connectivity index (χ1n) is 6.36. The minimum atomic E-state index is -0.281. The number of imidazole rings is 1. The summed E-state index contributed by atoms with van der Waals surface area (Å²) in [5.74, 6) is 0.224. The number of hydrogen-bond donors (Lipinski definition) is 2. The first-order chi connectivity index (χ1) is 8.86. The van der Waals surface area contributed by atoms with Gasteiger partial charge in [-0.2, -0.15) is 0 Å². The number of benzene rings is 1. The number of β-amino-alcohol motifs (C(OH)–C–C–N with tert-alkyl or cyclic N) is 1. The fourth-order valence-corrected chi connectivity index (χ4v) is 3.32. The Morgan fingerprint density at radius 3 is 3.00 bits per heavy atom. The molecule has 18 heavy (non-hydrogen) atoms. The van der Waals surface area contributed by atoms with Gasteiger partial charge in [0.05, 0.1) is 30.4 Å². The molecular formula is C14H15N3O. The van der Waals surface area contributed by atoms with Crippen molar-refractivity contribution in [1.82, 2.24) is 14.9 Å². The predicted molar refractivity (Wildman–Crippen MR) is 68.2 cm³/mol. The van der Waals surface area contributed by atoms with Crippen molar-refractivity contribution in [1.29, 1.82) is 0 Å². The maximum Gasteiger partial charge on any atom is 0.0956 e. The van der Waals surface area contributed by atoms with Gasteiger partial charge in [-0.25, -0.2) is 4.98 Å². The second-order valence-electron chi connectivity index (χ2n) is 5.11. The van der Waals surface area contributed by atoms with E-state index in [0.717, 1.165) is 12.2 Å². The summed E-state index contributed by atoms with van der Waals surface area (Å²) in [5, 5.41) is 13.4. The smallest absolute Gasteiger partial charge is 0.0956 e. The number of hydrogen-bond acceptors (Lipinski definition) is 3. The average Bonchev–Trinajstić information content (AvgIpc) is 3.05. The largest absolute Gasteiger partial charge is 0.391 e. The summed E-state index contributed by atoms with van der Waals surface area (Å²) in [5.41, 5.74) is 3.72. The standard InChI is InChI=1S/C14H15N3O/c18-13-7-15-5-11(13)14-10-4-2-1-3-9(10)12-6-16-8-17(12)14/h1-4,6,8,11,13-15,18H,5,7H2. The monoisotopic (exact) mass is 241 g/mol. The Morgan fingerprint density at radius 2 is 2.17 bits per heavy atom. The minimum Gasteiger partial charge on any atom is -0.391 e. The van der Waals surface area contributed by atoms with E-state index in [9.17, 15) is 5.11 Å². The number of aliphatic hydroxyl groups is 1. The lowest BCUT2D eigenvalue weighted by molar-refractivity contribution is 0.127. The Labute approximate surface area is 105 Å². The van der Waals surface area contributed by atoms with Gasteiger partial charge < -0.3 is 15.0 Å². The molecule has 4 nitrogen and oxygen atoms in total. The summed E-state index contributed by atoms with van der Waals surface area (Å²) >= 11 is 0. The van der Waals surface area contributed by atoms with E-state index in [0.29, 0.717) is 6.54 Å². The zero-order valence-electron chi connectivity index (χ0n) is 9.95. The van der Waals surface area contributed by atoms with E-state index in [1.807, 2.05) is 12.5 Å². The van der Waals surface area contributed by atoms with Gasteiger partial charge in [0.2, 0.25) is 0 Å². The molecule has 2 aromatic rings. The van der Waals surface area contributed by atoms with Crippen LogP contribution in [0, 0.1) is 5.92 Å². The SMILES string of the molecule is OC1CNCC1C1c2ccccc2-c2cncn21. The average molecular weight is 241 g/mol. The van der Waals surface area contributed by atoms with Crippen LogP contribution in [-0.2, 0) is 0 Å². The first kappa shape index (κ1) is 10.3. The molecule has 3 heterocycles. The van der Waals surface area contributed by atoms with Crippen LogP contribution >= 0.6 is 0 Å². The molecule has 0 saturated carbocycles. The Morgan fingerprint density at radius 1 is 1.28 bits per heavy atom. The molecule has 1 fully saturated rings. The van der Waals surface area contributed by atoms with Gasteiger partial charge >= 0.3 is 0 Å². The molecular weight excluding hydrogens is 226 g/mol. The highest BCUT2D eigenvalue weighted by Crippen LogP contribution is 2.44. The summed E-state index contributed by atoms with van der Waals surface area (Å²) in [6.45, 7) is 1.55. The van der Waals surface area contributed by atoms with Crippen molar-refractivity contribution in [2.75, 3.05) is 13.1 Å². The van der Waals surface area contributed by atoms with Gasteiger partial charge in [0.25, 0.3) is 0 Å². The fourth-order valence-electron chi connectivity index (χ4n) is 3.32. The molecule has 0 spiro atoms. The van der Waals surface area contributed by atoms with Crippen LogP contribution in [0.3, 0.4) is 0 Å². The Hall–Kier alpha value is -1.65. The molecule has 2 aliphatic heterocycles. The van der Waals surface area contributed by atoms with Crippen molar-refractivity contribution >= 4 is 0 Å². The lowest BCUT2D eigenvalue weighted by Gasteiger charge is -2.24. The molecule has 0 bridgehead atoms. The molecule has 1 aromatic heterocycles. The van der Waals surface area contributed by atoms with Crippen LogP contribution in [0.25, 0.3) is 11.3 Å². The molecule has 2 N–H and O–H groups in total. The number of fused-ring (bicyclic) bond motifs is 3. The first-order valence-corrected chi connectivity index (χ1v) is 6.36. The van der Waals surface area contributed by atoms with Gasteiger partial charge in [0, 0.05) is 24.6 Å². The maximum atomic E-state index is 10.1. The summed E-state index contributed by atoms with van der Waals surface area (Å²) in [6.07, 6.45) is 3.51. The van der Waals surface area contributed by atoms with Crippen molar-refractivity contribution in [3.05, 3.63) is 42.4 Å². The lowest BCUT2D eigenvalue weighted by Crippen LogP contribution is -2.27. The molecule has 3 unspecified atom stereocenters. The lowest BCUT2D eigenvalue weighted by atomic mass is 9.90. The molecule has 4 rings (SSSR count). The van der Waals surface area contributed by atoms with Crippen LogP contribution in [0.4, 0.5) is 0 Å². The third kappa shape index (κ3) is 1.24. The summed E-state index contributed by atoms with van der Waals surface area (Å²) < 4.78 is 2.20. The number of aliphatic hydroxyl groups excluding tert-OH is 1. The van der Waals surface area contributed by atoms with Gasteiger partial charge in [0.1, 0.15) is 0 Å². The third-order valence-electron chi connectivity index (χ3n) is 4.15. The van der Waals surface area contributed by atoms with E-state index >= 15 is 0 Å². The van der Waals surface area contributed by atoms with Crippen LogP contribution in [0.15, 0.2) is 36.8 Å². The second-order valence-corrected chi connectivity index (χ2v) is 5.11. The van der Waals surface area contributed by atoms with Crippen LogP contribution < -0.4 is 5.32 Å². The van der Waals surface area contributed by atoms with E-state index in [2.05, 4.69) is 39.1 Å². The summed E-state index contributed by atoms with van der Waals surface area (Å²) in [4.78, 5) is 4.25.